The third-order valence-electron chi connectivity index (χ3n) is 1.79. The van der Waals surface area contributed by atoms with Crippen LogP contribution in [0.2, 0.25) is 0 Å². The van der Waals surface area contributed by atoms with E-state index in [1.165, 1.54) is 18.9 Å². The molecule has 0 saturated heterocycles. The predicted molar refractivity (Wildman–Crippen MR) is 64.6 cm³/mol. The molecule has 2 nitrogen and oxygen atoms in total. The molecule has 1 aromatic carbocycles. The van der Waals surface area contributed by atoms with Gasteiger partial charge >= 0.3 is 0 Å². The zero-order valence-corrected chi connectivity index (χ0v) is 9.71. The van der Waals surface area contributed by atoms with E-state index >= 15 is 0 Å². The molecule has 0 aliphatic rings. The number of carbonyl (C=O) groups is 1. The molecule has 0 spiro atoms. The Labute approximate surface area is 94.3 Å². The molecule has 1 rings (SSSR count). The van der Waals surface area contributed by atoms with Gasteiger partial charge in [0, 0.05) is 0 Å². The molecule has 0 N–H and O–H groups in total. The maximum atomic E-state index is 11.5. The van der Waals surface area contributed by atoms with Crippen molar-refractivity contribution >= 4 is 23.0 Å². The number of rotatable bonds is 4. The fourth-order valence-corrected chi connectivity index (χ4v) is 1.65. The lowest BCUT2D eigenvalue weighted by Crippen LogP contribution is -1.99. The zero-order chi connectivity index (χ0) is 11.1. The molecule has 0 atom stereocenters. The Kier molecular flexibility index (Phi) is 4.98. The van der Waals surface area contributed by atoms with Crippen molar-refractivity contribution in [1.29, 1.82) is 0 Å². The summed E-state index contributed by atoms with van der Waals surface area (Å²) in [4.78, 5) is 11.5. The van der Waals surface area contributed by atoms with Crippen molar-refractivity contribution in [2.24, 2.45) is 0 Å². The number of hydrogen-bond acceptors (Lipinski definition) is 3. The third-order valence-corrected chi connectivity index (χ3v) is 2.55. The third kappa shape index (κ3) is 3.80. The summed E-state index contributed by atoms with van der Waals surface area (Å²) in [5.41, 5.74) is 0.972. The highest BCUT2D eigenvalue weighted by Crippen LogP contribution is 2.14. The van der Waals surface area contributed by atoms with E-state index in [1.807, 2.05) is 37.3 Å². The first-order valence-corrected chi connectivity index (χ1v) is 5.74. The van der Waals surface area contributed by atoms with Crippen molar-refractivity contribution in [3.8, 4) is 0 Å². The minimum atomic E-state index is -0.0242. The lowest BCUT2D eigenvalue weighted by molar-refractivity contribution is -0.110. The fraction of sp³-hybridized carbons (Fsp3) is 0.250. The summed E-state index contributed by atoms with van der Waals surface area (Å²) >= 11 is 1.25. The van der Waals surface area contributed by atoms with Gasteiger partial charge in [0.1, 0.15) is 0 Å². The second kappa shape index (κ2) is 6.30. The quantitative estimate of drug-likeness (QED) is 0.578. The van der Waals surface area contributed by atoms with Gasteiger partial charge in [-0.3, -0.25) is 4.79 Å². The number of carbonyl (C=O) groups excluding carboxylic acids is 1. The number of thioether (sulfide) groups is 1. The largest absolute Gasteiger partial charge is 0.492 e. The smallest absolute Gasteiger partial charge is 0.253 e. The number of hydrogen-bond donors (Lipinski definition) is 0. The molecule has 0 amide bonds. The van der Waals surface area contributed by atoms with E-state index in [1.54, 1.807) is 6.08 Å². The molecule has 0 bridgehead atoms. The average molecular weight is 222 g/mol. The van der Waals surface area contributed by atoms with Crippen LogP contribution in [0, 0.1) is 0 Å². The van der Waals surface area contributed by atoms with Crippen LogP contribution in [0.15, 0.2) is 36.1 Å². The fourth-order valence-electron chi connectivity index (χ4n) is 1.10. The Balaban J connectivity index is 2.83. The summed E-state index contributed by atoms with van der Waals surface area (Å²) in [6.07, 6.45) is 1.75. The van der Waals surface area contributed by atoms with Crippen molar-refractivity contribution < 1.29 is 9.53 Å². The molecule has 0 fully saturated rings. The first-order chi connectivity index (χ1) is 7.27. The van der Waals surface area contributed by atoms with Gasteiger partial charge in [-0.1, -0.05) is 49.0 Å². The van der Waals surface area contributed by atoms with Crippen LogP contribution in [0.4, 0.5) is 0 Å². The van der Waals surface area contributed by atoms with Crippen LogP contribution >= 0.6 is 11.8 Å². The molecule has 0 radical (unpaired) electrons. The van der Waals surface area contributed by atoms with Crippen molar-refractivity contribution in [3.05, 3.63) is 41.7 Å². The SMILES string of the molecule is CCSC(=O)/C(=C/c1ccccc1)OC. The minimum absolute atomic E-state index is 0.0242. The Morgan fingerprint density at radius 3 is 2.60 bits per heavy atom. The standard InChI is InChI=1S/C12H14O2S/c1-3-15-12(13)11(14-2)9-10-7-5-4-6-8-10/h4-9H,3H2,1-2H3/b11-9-. The topological polar surface area (TPSA) is 26.3 Å². The second-order valence-corrected chi connectivity index (χ2v) is 4.08. The van der Waals surface area contributed by atoms with Crippen LogP contribution in [-0.4, -0.2) is 18.0 Å². The van der Waals surface area contributed by atoms with E-state index in [4.69, 9.17) is 4.74 Å². The summed E-state index contributed by atoms with van der Waals surface area (Å²) in [5, 5.41) is -0.0242. The molecule has 0 aliphatic carbocycles. The summed E-state index contributed by atoms with van der Waals surface area (Å²) in [6.45, 7) is 1.94. The van der Waals surface area contributed by atoms with Gasteiger partial charge in [-0.2, -0.15) is 0 Å². The molecule has 3 heteroatoms. The maximum absolute atomic E-state index is 11.5. The lowest BCUT2D eigenvalue weighted by atomic mass is 10.2. The zero-order valence-electron chi connectivity index (χ0n) is 8.90. The monoisotopic (exact) mass is 222 g/mol. The highest BCUT2D eigenvalue weighted by molar-refractivity contribution is 8.14. The van der Waals surface area contributed by atoms with E-state index in [0.717, 1.165) is 11.3 Å². The Morgan fingerprint density at radius 2 is 2.07 bits per heavy atom. The van der Waals surface area contributed by atoms with Gasteiger partial charge in [-0.25, -0.2) is 0 Å². The molecule has 15 heavy (non-hydrogen) atoms. The molecule has 0 unspecified atom stereocenters. The summed E-state index contributed by atoms with van der Waals surface area (Å²) in [5.74, 6) is 1.15. The van der Waals surface area contributed by atoms with Crippen LogP contribution in [-0.2, 0) is 9.53 Å². The lowest BCUT2D eigenvalue weighted by Gasteiger charge is -2.03. The molecule has 0 saturated carbocycles. The van der Waals surface area contributed by atoms with Gasteiger partial charge in [-0.15, -0.1) is 0 Å². The van der Waals surface area contributed by atoms with E-state index < -0.39 is 0 Å². The van der Waals surface area contributed by atoms with Crippen LogP contribution in [0.25, 0.3) is 6.08 Å². The average Bonchev–Trinajstić information content (AvgIpc) is 2.27. The van der Waals surface area contributed by atoms with Crippen molar-refractivity contribution in [1.82, 2.24) is 0 Å². The van der Waals surface area contributed by atoms with Crippen LogP contribution in [0.5, 0.6) is 0 Å². The molecule has 0 aromatic heterocycles. The first-order valence-electron chi connectivity index (χ1n) is 4.75. The van der Waals surface area contributed by atoms with E-state index in [0.29, 0.717) is 5.76 Å². The molecular weight excluding hydrogens is 208 g/mol. The minimum Gasteiger partial charge on any atom is -0.492 e. The van der Waals surface area contributed by atoms with Crippen molar-refractivity contribution in [2.45, 2.75) is 6.92 Å². The number of ether oxygens (including phenoxy) is 1. The number of benzene rings is 1. The highest BCUT2D eigenvalue weighted by atomic mass is 32.2. The Bertz CT molecular complexity index is 344. The van der Waals surface area contributed by atoms with Gasteiger partial charge in [0.25, 0.3) is 5.12 Å². The predicted octanol–water partition coefficient (Wildman–Crippen LogP) is 2.95. The normalized spacial score (nSPS) is 11.2. The van der Waals surface area contributed by atoms with E-state index in [-0.39, 0.29) is 5.12 Å². The van der Waals surface area contributed by atoms with Gasteiger partial charge < -0.3 is 4.74 Å². The van der Waals surface area contributed by atoms with Gasteiger partial charge in [0.15, 0.2) is 5.76 Å². The summed E-state index contributed by atoms with van der Waals surface area (Å²) in [7, 11) is 1.52. The van der Waals surface area contributed by atoms with E-state index in [2.05, 4.69) is 0 Å². The highest BCUT2D eigenvalue weighted by Gasteiger charge is 2.08. The van der Waals surface area contributed by atoms with Crippen molar-refractivity contribution in [3.63, 3.8) is 0 Å². The molecule has 0 heterocycles. The molecule has 80 valence electrons. The second-order valence-electron chi connectivity index (χ2n) is 2.84. The molecular formula is C12H14O2S. The van der Waals surface area contributed by atoms with Crippen LogP contribution in [0.3, 0.4) is 0 Å². The first kappa shape index (κ1) is 11.9. The van der Waals surface area contributed by atoms with Gasteiger partial charge in [-0.05, 0) is 17.4 Å². The Morgan fingerprint density at radius 1 is 1.40 bits per heavy atom. The number of methoxy groups -OCH3 is 1. The summed E-state index contributed by atoms with van der Waals surface area (Å²) in [6, 6.07) is 9.66. The summed E-state index contributed by atoms with van der Waals surface area (Å²) < 4.78 is 5.06. The van der Waals surface area contributed by atoms with Gasteiger partial charge in [0.05, 0.1) is 7.11 Å². The Hall–Kier alpha value is -1.22. The van der Waals surface area contributed by atoms with Crippen LogP contribution < -0.4 is 0 Å². The maximum Gasteiger partial charge on any atom is 0.253 e. The van der Waals surface area contributed by atoms with Gasteiger partial charge in [0.2, 0.25) is 0 Å². The molecule has 1 aromatic rings. The van der Waals surface area contributed by atoms with Crippen molar-refractivity contribution in [2.75, 3.05) is 12.9 Å². The van der Waals surface area contributed by atoms with E-state index in [9.17, 15) is 4.79 Å². The van der Waals surface area contributed by atoms with Crippen LogP contribution in [0.1, 0.15) is 12.5 Å². The molecule has 0 aliphatic heterocycles.